The van der Waals surface area contributed by atoms with Gasteiger partial charge in [-0.1, -0.05) is 12.8 Å². The molecule has 1 aromatic rings. The minimum atomic E-state index is 0. The molecule has 2 fully saturated rings. The van der Waals surface area contributed by atoms with Crippen molar-refractivity contribution in [3.8, 4) is 0 Å². The van der Waals surface area contributed by atoms with Crippen LogP contribution in [0.25, 0.3) is 0 Å². The van der Waals surface area contributed by atoms with Crippen LogP contribution in [0.1, 0.15) is 50.6 Å². The van der Waals surface area contributed by atoms with E-state index in [0.29, 0.717) is 12.5 Å². The average molecular weight is 531 g/mol. The standard InChI is InChI=1S/C21H37N7O.HI/c1-5-22-21(23-13-19(26(2)3)17-12-24-27(4)14-17)25-18-10-11-28(15-18)20(29)16-8-6-7-9-16;/h12,14,16,18-19H,5-11,13,15H2,1-4H3,(H2,22,23,25);1H. The Labute approximate surface area is 197 Å². The summed E-state index contributed by atoms with van der Waals surface area (Å²) in [5.74, 6) is 1.44. The number of carbonyl (C=O) groups excluding carboxylic acids is 1. The van der Waals surface area contributed by atoms with E-state index in [2.05, 4.69) is 46.6 Å². The number of rotatable bonds is 7. The van der Waals surface area contributed by atoms with Gasteiger partial charge in [-0.05, 0) is 40.3 Å². The highest BCUT2D eigenvalue weighted by atomic mass is 127. The van der Waals surface area contributed by atoms with E-state index in [1.807, 2.05) is 24.1 Å². The van der Waals surface area contributed by atoms with Crippen molar-refractivity contribution in [1.29, 1.82) is 0 Å². The van der Waals surface area contributed by atoms with E-state index in [1.54, 1.807) is 0 Å². The first-order valence-electron chi connectivity index (χ1n) is 11.0. The van der Waals surface area contributed by atoms with Crippen molar-refractivity contribution in [1.82, 2.24) is 30.2 Å². The Morgan fingerprint density at radius 3 is 2.67 bits per heavy atom. The third kappa shape index (κ3) is 6.57. The van der Waals surface area contributed by atoms with E-state index in [9.17, 15) is 4.79 Å². The maximum atomic E-state index is 12.7. The van der Waals surface area contributed by atoms with Gasteiger partial charge in [-0.15, -0.1) is 24.0 Å². The van der Waals surface area contributed by atoms with Gasteiger partial charge in [0.1, 0.15) is 0 Å². The van der Waals surface area contributed by atoms with Gasteiger partial charge >= 0.3 is 0 Å². The fourth-order valence-electron chi connectivity index (χ4n) is 4.38. The molecule has 2 N–H and O–H groups in total. The van der Waals surface area contributed by atoms with E-state index in [4.69, 9.17) is 4.99 Å². The molecule has 170 valence electrons. The van der Waals surface area contributed by atoms with Crippen molar-refractivity contribution in [3.05, 3.63) is 18.0 Å². The van der Waals surface area contributed by atoms with Crippen LogP contribution in [0.4, 0.5) is 0 Å². The van der Waals surface area contributed by atoms with Gasteiger partial charge in [-0.3, -0.25) is 14.5 Å². The second kappa shape index (κ2) is 11.9. The van der Waals surface area contributed by atoms with Crippen molar-refractivity contribution in [2.24, 2.45) is 18.0 Å². The predicted molar refractivity (Wildman–Crippen MR) is 131 cm³/mol. The molecular formula is C21H38IN7O. The summed E-state index contributed by atoms with van der Waals surface area (Å²) in [6.07, 6.45) is 9.46. The zero-order chi connectivity index (χ0) is 20.8. The Kier molecular flexibility index (Phi) is 9.86. The van der Waals surface area contributed by atoms with Gasteiger partial charge in [0.05, 0.1) is 18.8 Å². The van der Waals surface area contributed by atoms with E-state index in [-0.39, 0.29) is 42.0 Å². The molecule has 9 heteroatoms. The number of hydrogen-bond donors (Lipinski definition) is 2. The van der Waals surface area contributed by atoms with Crippen LogP contribution in [0.5, 0.6) is 0 Å². The second-order valence-electron chi connectivity index (χ2n) is 8.54. The molecule has 1 saturated heterocycles. The largest absolute Gasteiger partial charge is 0.357 e. The number of aryl methyl sites for hydroxylation is 1. The number of guanidine groups is 1. The molecule has 2 unspecified atom stereocenters. The van der Waals surface area contributed by atoms with Crippen molar-refractivity contribution in [3.63, 3.8) is 0 Å². The van der Waals surface area contributed by atoms with E-state index >= 15 is 0 Å². The summed E-state index contributed by atoms with van der Waals surface area (Å²) < 4.78 is 1.83. The predicted octanol–water partition coefficient (Wildman–Crippen LogP) is 1.99. The van der Waals surface area contributed by atoms with Gasteiger partial charge in [0.2, 0.25) is 5.91 Å². The molecular weight excluding hydrogens is 493 g/mol. The van der Waals surface area contributed by atoms with E-state index in [1.165, 1.54) is 12.8 Å². The number of likely N-dealkylation sites (N-methyl/N-ethyl adjacent to an activating group) is 1. The second-order valence-corrected chi connectivity index (χ2v) is 8.54. The lowest BCUT2D eigenvalue weighted by atomic mass is 10.1. The minimum absolute atomic E-state index is 0. The highest BCUT2D eigenvalue weighted by molar-refractivity contribution is 14.0. The number of halogens is 1. The zero-order valence-electron chi connectivity index (χ0n) is 18.8. The summed E-state index contributed by atoms with van der Waals surface area (Å²) in [5.41, 5.74) is 1.16. The first-order chi connectivity index (χ1) is 14.0. The maximum absolute atomic E-state index is 12.7. The maximum Gasteiger partial charge on any atom is 0.225 e. The molecule has 0 spiro atoms. The van der Waals surface area contributed by atoms with Crippen LogP contribution in [0, 0.1) is 5.92 Å². The molecule has 8 nitrogen and oxygen atoms in total. The molecule has 1 aromatic heterocycles. The Morgan fingerprint density at radius 1 is 1.33 bits per heavy atom. The molecule has 30 heavy (non-hydrogen) atoms. The number of hydrogen-bond acceptors (Lipinski definition) is 4. The number of likely N-dealkylation sites (tertiary alicyclic amines) is 1. The molecule has 0 aromatic carbocycles. The SMILES string of the molecule is CCNC(=NCC(c1cnn(C)c1)N(C)C)NC1CCN(C(=O)C2CCCC2)C1.I. The van der Waals surface area contributed by atoms with Crippen molar-refractivity contribution < 1.29 is 4.79 Å². The summed E-state index contributed by atoms with van der Waals surface area (Å²) >= 11 is 0. The van der Waals surface area contributed by atoms with Crippen LogP contribution in [0.3, 0.4) is 0 Å². The fraction of sp³-hybridized carbons (Fsp3) is 0.762. The smallest absolute Gasteiger partial charge is 0.225 e. The molecule has 0 radical (unpaired) electrons. The number of carbonyl (C=O) groups is 1. The van der Waals surface area contributed by atoms with Gasteiger partial charge in [-0.25, -0.2) is 0 Å². The molecule has 1 aliphatic heterocycles. The first kappa shape index (κ1) is 24.9. The lowest BCUT2D eigenvalue weighted by Gasteiger charge is -2.23. The number of nitrogens with one attached hydrogen (secondary N) is 2. The monoisotopic (exact) mass is 531 g/mol. The lowest BCUT2D eigenvalue weighted by Crippen LogP contribution is -2.45. The molecule has 1 saturated carbocycles. The third-order valence-corrected chi connectivity index (χ3v) is 6.04. The number of amides is 1. The van der Waals surface area contributed by atoms with Gasteiger partial charge in [-0.2, -0.15) is 5.10 Å². The van der Waals surface area contributed by atoms with Crippen LogP contribution < -0.4 is 10.6 Å². The Bertz CT molecular complexity index is 699. The summed E-state index contributed by atoms with van der Waals surface area (Å²) in [4.78, 5) is 21.8. The Hall–Kier alpha value is -1.36. The number of aromatic nitrogens is 2. The van der Waals surface area contributed by atoms with E-state index in [0.717, 1.165) is 50.4 Å². The van der Waals surface area contributed by atoms with Crippen LogP contribution in [-0.2, 0) is 11.8 Å². The fourth-order valence-corrected chi connectivity index (χ4v) is 4.38. The highest BCUT2D eigenvalue weighted by Gasteiger charge is 2.32. The molecule has 2 atom stereocenters. The summed E-state index contributed by atoms with van der Waals surface area (Å²) in [6, 6.07) is 0.428. The summed E-state index contributed by atoms with van der Waals surface area (Å²) in [7, 11) is 6.07. The molecule has 1 amide bonds. The topological polar surface area (TPSA) is 77.8 Å². The Morgan fingerprint density at radius 2 is 2.07 bits per heavy atom. The number of aliphatic imine (C=N–C) groups is 1. The van der Waals surface area contributed by atoms with Crippen LogP contribution in [0.15, 0.2) is 17.4 Å². The highest BCUT2D eigenvalue weighted by Crippen LogP contribution is 2.27. The Balaban J connectivity index is 0.00000320. The van der Waals surface area contributed by atoms with Gasteiger partial charge < -0.3 is 20.4 Å². The van der Waals surface area contributed by atoms with Gasteiger partial charge in [0, 0.05) is 50.4 Å². The summed E-state index contributed by atoms with van der Waals surface area (Å²) in [5, 5.41) is 11.2. The van der Waals surface area contributed by atoms with Crippen molar-refractivity contribution in [2.45, 2.75) is 51.1 Å². The van der Waals surface area contributed by atoms with Crippen molar-refractivity contribution >= 4 is 35.8 Å². The molecule has 3 rings (SSSR count). The minimum Gasteiger partial charge on any atom is -0.357 e. The van der Waals surface area contributed by atoms with Crippen molar-refractivity contribution in [2.75, 3.05) is 40.3 Å². The molecule has 2 aliphatic rings. The van der Waals surface area contributed by atoms with E-state index < -0.39 is 0 Å². The zero-order valence-corrected chi connectivity index (χ0v) is 21.1. The first-order valence-corrected chi connectivity index (χ1v) is 11.0. The number of nitrogens with zero attached hydrogens (tertiary/aromatic N) is 5. The van der Waals surface area contributed by atoms with Gasteiger partial charge in [0.25, 0.3) is 0 Å². The van der Waals surface area contributed by atoms with Crippen LogP contribution >= 0.6 is 24.0 Å². The lowest BCUT2D eigenvalue weighted by molar-refractivity contribution is -0.134. The molecule has 1 aliphatic carbocycles. The molecule has 0 bridgehead atoms. The quantitative estimate of drug-likeness (QED) is 0.320. The molecule has 2 heterocycles. The van der Waals surface area contributed by atoms with Crippen LogP contribution in [0.2, 0.25) is 0 Å². The van der Waals surface area contributed by atoms with Gasteiger partial charge in [0.15, 0.2) is 5.96 Å². The summed E-state index contributed by atoms with van der Waals surface area (Å²) in [6.45, 7) is 5.16. The van der Waals surface area contributed by atoms with Crippen LogP contribution in [-0.4, -0.2) is 77.8 Å². The average Bonchev–Trinajstić information content (AvgIpc) is 3.43. The third-order valence-electron chi connectivity index (χ3n) is 6.04. The normalized spacial score (nSPS) is 21.0.